The average Bonchev–Trinajstić information content (AvgIpc) is 3.21. The maximum absolute atomic E-state index is 7.04. The van der Waals surface area contributed by atoms with Crippen molar-refractivity contribution in [1.82, 2.24) is 0 Å². The van der Waals surface area contributed by atoms with Gasteiger partial charge >= 0.3 is 6.48 Å². The summed E-state index contributed by atoms with van der Waals surface area (Å²) in [4.78, 5) is 2.33. The van der Waals surface area contributed by atoms with E-state index in [9.17, 15) is 0 Å². The summed E-state index contributed by atoms with van der Waals surface area (Å²) in [6.45, 7) is 7.68. The van der Waals surface area contributed by atoms with Gasteiger partial charge in [-0.1, -0.05) is 71.6 Å². The molecule has 0 amide bonds. The molecule has 5 nitrogen and oxygen atoms in total. The topological polar surface area (TPSA) is 40.2 Å². The molecular formula is C31H37BN4O. The Kier molecular flexibility index (Phi) is 7.54. The quantitative estimate of drug-likeness (QED) is 0.293. The van der Waals surface area contributed by atoms with Gasteiger partial charge in [0.1, 0.15) is 0 Å². The summed E-state index contributed by atoms with van der Waals surface area (Å²) in [5.41, 5.74) is 6.57. The molecule has 0 saturated heterocycles. The third-order valence-corrected chi connectivity index (χ3v) is 7.80. The van der Waals surface area contributed by atoms with Crippen molar-refractivity contribution in [3.63, 3.8) is 0 Å². The second kappa shape index (κ2) is 11.2. The Morgan fingerprint density at radius 1 is 0.784 bits per heavy atom. The monoisotopic (exact) mass is 492 g/mol. The summed E-state index contributed by atoms with van der Waals surface area (Å²) >= 11 is 0. The number of allylic oxidation sites excluding steroid dienone is 2. The molecule has 0 radical (unpaired) electrons. The van der Waals surface area contributed by atoms with E-state index >= 15 is 0 Å². The molecule has 0 fully saturated rings. The first-order chi connectivity index (χ1) is 18.2. The van der Waals surface area contributed by atoms with Crippen molar-refractivity contribution in [2.24, 2.45) is 10.2 Å². The van der Waals surface area contributed by atoms with Crippen molar-refractivity contribution in [1.29, 1.82) is 0 Å². The largest absolute Gasteiger partial charge is 0.653 e. The Bertz CT molecular complexity index is 1260. The molecule has 5 rings (SSSR count). The average molecular weight is 492 g/mol. The van der Waals surface area contributed by atoms with E-state index in [1.807, 2.05) is 0 Å². The zero-order valence-electron chi connectivity index (χ0n) is 22.3. The van der Waals surface area contributed by atoms with E-state index in [1.54, 1.807) is 0 Å². The molecule has 3 aromatic rings. The van der Waals surface area contributed by atoms with Gasteiger partial charge in [0.05, 0.1) is 18.0 Å². The van der Waals surface area contributed by atoms with Gasteiger partial charge in [-0.15, -0.1) is 5.11 Å². The fourth-order valence-electron chi connectivity index (χ4n) is 5.94. The number of hydrogen-bond acceptors (Lipinski definition) is 4. The van der Waals surface area contributed by atoms with E-state index in [1.165, 1.54) is 28.7 Å². The highest BCUT2D eigenvalue weighted by Gasteiger charge is 2.50. The van der Waals surface area contributed by atoms with Crippen LogP contribution in [0.25, 0.3) is 0 Å². The lowest BCUT2D eigenvalue weighted by Crippen LogP contribution is -2.71. The van der Waals surface area contributed by atoms with E-state index in [0.29, 0.717) is 0 Å². The van der Waals surface area contributed by atoms with Crippen LogP contribution in [0.1, 0.15) is 46.5 Å². The Morgan fingerprint density at radius 2 is 1.41 bits per heavy atom. The maximum Gasteiger partial charge on any atom is 0.508 e. The van der Waals surface area contributed by atoms with Gasteiger partial charge in [-0.25, -0.2) is 0 Å². The fraction of sp³-hybridized carbons (Fsp3) is 0.323. The van der Waals surface area contributed by atoms with Gasteiger partial charge in [0, 0.05) is 31.6 Å². The van der Waals surface area contributed by atoms with Gasteiger partial charge < -0.3 is 14.0 Å². The fourth-order valence-corrected chi connectivity index (χ4v) is 5.94. The maximum atomic E-state index is 7.04. The highest BCUT2D eigenvalue weighted by molar-refractivity contribution is 6.92. The third kappa shape index (κ3) is 4.85. The molecule has 37 heavy (non-hydrogen) atoms. The van der Waals surface area contributed by atoms with Crippen molar-refractivity contribution in [2.45, 2.75) is 46.5 Å². The van der Waals surface area contributed by atoms with E-state index < -0.39 is 6.48 Å². The van der Waals surface area contributed by atoms with Crippen molar-refractivity contribution >= 4 is 34.5 Å². The van der Waals surface area contributed by atoms with Gasteiger partial charge in [0.25, 0.3) is 0 Å². The molecular weight excluding hydrogens is 455 g/mol. The summed E-state index contributed by atoms with van der Waals surface area (Å²) in [7, 11) is 0. The van der Waals surface area contributed by atoms with Crippen LogP contribution in [0.5, 0.6) is 0 Å². The van der Waals surface area contributed by atoms with Gasteiger partial charge in [0.15, 0.2) is 11.4 Å². The van der Waals surface area contributed by atoms with Gasteiger partial charge in [-0.05, 0) is 57.9 Å². The molecule has 0 N–H and O–H groups in total. The number of nitrogens with zero attached hydrogens (tertiary/aromatic N) is 4. The smallest absolute Gasteiger partial charge is 0.508 e. The SMILES string of the molecule is CCN(CC)c1ccc(N=NC2=C(C)O[B-](c3ccccc3)(c3ccccc3)[N+]3=C2CCCCC3)cc1. The summed E-state index contributed by atoms with van der Waals surface area (Å²) in [5, 5.41) is 9.50. The van der Waals surface area contributed by atoms with Crippen LogP contribution in [0.3, 0.4) is 0 Å². The molecule has 2 aliphatic heterocycles. The first-order valence-corrected chi connectivity index (χ1v) is 13.7. The highest BCUT2D eigenvalue weighted by Crippen LogP contribution is 2.30. The molecule has 0 atom stereocenters. The molecule has 6 heteroatoms. The van der Waals surface area contributed by atoms with Crippen molar-refractivity contribution in [3.8, 4) is 0 Å². The summed E-state index contributed by atoms with van der Waals surface area (Å²) in [6, 6.07) is 29.7. The molecule has 2 heterocycles. The van der Waals surface area contributed by atoms with Crippen LogP contribution >= 0.6 is 0 Å². The van der Waals surface area contributed by atoms with E-state index in [0.717, 1.165) is 56.0 Å². The van der Waals surface area contributed by atoms with E-state index in [2.05, 4.69) is 120 Å². The standard InChI is InChI=1S/C31H37BN4O/c1-4-35(5-2)29-22-20-28(21-23-29)33-34-31-25(3)37-32(26-15-9-6-10-16-26,27-17-11-7-12-18-27)36-24-14-8-13-19-30(31)36/h6-7,9-12,15-18,20-23H,4-5,8,13-14,19,24H2,1-3H3. The molecule has 0 saturated carbocycles. The normalized spacial score (nSPS) is 17.4. The Morgan fingerprint density at radius 3 is 2.00 bits per heavy atom. The molecule has 0 bridgehead atoms. The molecule has 0 unspecified atom stereocenters. The van der Waals surface area contributed by atoms with Crippen LogP contribution in [0.15, 0.2) is 107 Å². The van der Waals surface area contributed by atoms with Crippen LogP contribution in [-0.4, -0.2) is 36.3 Å². The Labute approximate surface area is 221 Å². The van der Waals surface area contributed by atoms with Gasteiger partial charge in [-0.2, -0.15) is 5.11 Å². The van der Waals surface area contributed by atoms with E-state index in [4.69, 9.17) is 9.77 Å². The molecule has 0 aromatic heterocycles. The summed E-state index contributed by atoms with van der Waals surface area (Å²) < 4.78 is 9.55. The first-order valence-electron chi connectivity index (χ1n) is 13.7. The number of rotatable bonds is 7. The lowest BCUT2D eigenvalue weighted by atomic mass is 9.40. The van der Waals surface area contributed by atoms with Crippen LogP contribution in [0.2, 0.25) is 0 Å². The first kappa shape index (κ1) is 25.0. The minimum absolute atomic E-state index is 0.837. The predicted molar refractivity (Wildman–Crippen MR) is 155 cm³/mol. The number of hydrogen-bond donors (Lipinski definition) is 0. The minimum Gasteiger partial charge on any atom is -0.653 e. The Hall–Kier alpha value is -3.67. The summed E-state index contributed by atoms with van der Waals surface area (Å²) in [6.07, 6.45) is 4.45. The van der Waals surface area contributed by atoms with Crippen LogP contribution < -0.4 is 15.8 Å². The second-order valence-electron chi connectivity index (χ2n) is 9.93. The van der Waals surface area contributed by atoms with Crippen molar-refractivity contribution in [2.75, 3.05) is 24.5 Å². The van der Waals surface area contributed by atoms with Crippen molar-refractivity contribution < 1.29 is 9.14 Å². The zero-order valence-corrected chi connectivity index (χ0v) is 22.3. The zero-order chi connectivity index (χ0) is 25.7. The predicted octanol–water partition coefficient (Wildman–Crippen LogP) is 6.16. The minimum atomic E-state index is -1.63. The van der Waals surface area contributed by atoms with E-state index in [-0.39, 0.29) is 0 Å². The van der Waals surface area contributed by atoms with Crippen LogP contribution in [0, 0.1) is 0 Å². The van der Waals surface area contributed by atoms with Gasteiger partial charge in [-0.3, -0.25) is 0 Å². The number of benzene rings is 3. The van der Waals surface area contributed by atoms with Crippen LogP contribution in [0.4, 0.5) is 11.4 Å². The summed E-state index contributed by atoms with van der Waals surface area (Å²) in [5.74, 6) is 0.837. The Balaban J connectivity index is 1.59. The van der Waals surface area contributed by atoms with Gasteiger partial charge in [0.2, 0.25) is 0 Å². The lowest BCUT2D eigenvalue weighted by molar-refractivity contribution is -0.413. The molecule has 2 aliphatic rings. The molecule has 0 aliphatic carbocycles. The number of anilines is 1. The third-order valence-electron chi connectivity index (χ3n) is 7.80. The number of azo groups is 1. The lowest BCUT2D eigenvalue weighted by Gasteiger charge is -2.43. The molecule has 3 aromatic carbocycles. The van der Waals surface area contributed by atoms with Crippen molar-refractivity contribution in [3.05, 3.63) is 96.4 Å². The molecule has 190 valence electrons. The second-order valence-corrected chi connectivity index (χ2v) is 9.93. The van der Waals surface area contributed by atoms with Crippen LogP contribution in [-0.2, 0) is 4.65 Å². The highest BCUT2D eigenvalue weighted by atomic mass is 16.5. The molecule has 0 spiro atoms.